The average molecular weight is 180 g/mol. The highest BCUT2D eigenvalue weighted by Gasteiger charge is 2.49. The predicted molar refractivity (Wildman–Crippen MR) is 49.3 cm³/mol. The Kier molecular flexibility index (Phi) is 1.48. The number of rotatable bonds is 1. The molecule has 3 heteroatoms. The number of hydrogen-bond acceptors (Lipinski definition) is 2. The third-order valence-electron chi connectivity index (χ3n) is 3.67. The fourth-order valence-corrected chi connectivity index (χ4v) is 2.93. The second kappa shape index (κ2) is 2.47. The van der Waals surface area contributed by atoms with Crippen molar-refractivity contribution >= 4 is 5.91 Å². The smallest absolute Gasteiger partial charge is 0.239 e. The number of nitrogens with zero attached hydrogens (tertiary/aromatic N) is 2. The zero-order chi connectivity index (χ0) is 9.00. The normalized spacial score (nSPS) is 40.1. The fraction of sp³-hybridized carbons (Fsp3) is 0.900. The van der Waals surface area contributed by atoms with Crippen LogP contribution in [0, 0.1) is 0 Å². The minimum Gasteiger partial charge on any atom is -0.343 e. The molecule has 72 valence electrons. The van der Waals surface area contributed by atoms with Crippen LogP contribution in [0.3, 0.4) is 0 Å². The average Bonchev–Trinajstić information content (AvgIpc) is 2.87. The van der Waals surface area contributed by atoms with Gasteiger partial charge in [-0.2, -0.15) is 0 Å². The minimum atomic E-state index is 0.247. The summed E-state index contributed by atoms with van der Waals surface area (Å²) in [7, 11) is 1.94. The first-order valence-corrected chi connectivity index (χ1v) is 5.30. The summed E-state index contributed by atoms with van der Waals surface area (Å²) in [6, 6.07) is 1.69. The Balaban J connectivity index is 1.87. The third kappa shape index (κ3) is 1.03. The lowest BCUT2D eigenvalue weighted by molar-refractivity contribution is -0.140. The maximum absolute atomic E-state index is 11.8. The Morgan fingerprint density at radius 2 is 1.85 bits per heavy atom. The molecule has 0 aromatic heterocycles. The van der Waals surface area contributed by atoms with E-state index in [9.17, 15) is 4.79 Å². The summed E-state index contributed by atoms with van der Waals surface area (Å²) in [6.45, 7) is 0.964. The largest absolute Gasteiger partial charge is 0.343 e. The van der Waals surface area contributed by atoms with Crippen LogP contribution in [0.25, 0.3) is 0 Å². The highest BCUT2D eigenvalue weighted by molar-refractivity contribution is 5.83. The topological polar surface area (TPSA) is 23.6 Å². The van der Waals surface area contributed by atoms with Gasteiger partial charge in [0.25, 0.3) is 0 Å². The minimum absolute atomic E-state index is 0.247. The van der Waals surface area contributed by atoms with E-state index in [4.69, 9.17) is 0 Å². The molecule has 2 bridgehead atoms. The second-order valence-corrected chi connectivity index (χ2v) is 4.64. The van der Waals surface area contributed by atoms with Crippen molar-refractivity contribution in [1.29, 1.82) is 0 Å². The second-order valence-electron chi connectivity index (χ2n) is 4.64. The van der Waals surface area contributed by atoms with E-state index in [1.807, 2.05) is 11.9 Å². The fourth-order valence-electron chi connectivity index (χ4n) is 2.93. The van der Waals surface area contributed by atoms with E-state index in [2.05, 4.69) is 4.90 Å². The summed E-state index contributed by atoms with van der Waals surface area (Å²) in [6.07, 6.45) is 4.98. The number of fused-ring (bicyclic) bond motifs is 2. The van der Waals surface area contributed by atoms with Crippen molar-refractivity contribution in [2.75, 3.05) is 13.6 Å². The Morgan fingerprint density at radius 3 is 2.54 bits per heavy atom. The van der Waals surface area contributed by atoms with Gasteiger partial charge in [-0.3, -0.25) is 9.69 Å². The molecule has 2 atom stereocenters. The SMILES string of the molecule is CN1CC2CCC(C1=O)N2C1CC1. The van der Waals surface area contributed by atoms with Crippen molar-refractivity contribution in [3.05, 3.63) is 0 Å². The standard InChI is InChI=1S/C10H16N2O/c1-11-6-8-4-5-9(10(11)13)12(8)7-2-3-7/h7-9H,2-6H2,1H3. The zero-order valence-corrected chi connectivity index (χ0v) is 8.07. The molecule has 2 heterocycles. The van der Waals surface area contributed by atoms with E-state index in [1.165, 1.54) is 19.3 Å². The van der Waals surface area contributed by atoms with Crippen LogP contribution in [0.1, 0.15) is 25.7 Å². The first-order valence-electron chi connectivity index (χ1n) is 5.30. The first kappa shape index (κ1) is 7.80. The van der Waals surface area contributed by atoms with Gasteiger partial charge in [-0.1, -0.05) is 0 Å². The Bertz CT molecular complexity index is 249. The van der Waals surface area contributed by atoms with Crippen molar-refractivity contribution in [2.45, 2.75) is 43.8 Å². The molecule has 0 radical (unpaired) electrons. The number of carbonyl (C=O) groups is 1. The van der Waals surface area contributed by atoms with Crippen LogP contribution in [-0.4, -0.2) is 47.4 Å². The Morgan fingerprint density at radius 1 is 1.15 bits per heavy atom. The molecule has 13 heavy (non-hydrogen) atoms. The van der Waals surface area contributed by atoms with Crippen molar-refractivity contribution in [3.8, 4) is 0 Å². The molecule has 1 amide bonds. The van der Waals surface area contributed by atoms with E-state index < -0.39 is 0 Å². The Hall–Kier alpha value is -0.570. The molecule has 3 aliphatic rings. The number of carbonyl (C=O) groups excluding carboxylic acids is 1. The molecule has 0 spiro atoms. The van der Waals surface area contributed by atoms with Crippen LogP contribution in [-0.2, 0) is 4.79 Å². The molecular formula is C10H16N2O. The van der Waals surface area contributed by atoms with E-state index in [-0.39, 0.29) is 6.04 Å². The summed E-state index contributed by atoms with van der Waals surface area (Å²) >= 11 is 0. The molecule has 3 nitrogen and oxygen atoms in total. The number of likely N-dealkylation sites (tertiary alicyclic amines) is 1. The van der Waals surface area contributed by atoms with Gasteiger partial charge in [-0.05, 0) is 25.7 Å². The van der Waals surface area contributed by atoms with Gasteiger partial charge in [-0.15, -0.1) is 0 Å². The van der Waals surface area contributed by atoms with Crippen LogP contribution in [0.2, 0.25) is 0 Å². The number of likely N-dealkylation sites (N-methyl/N-ethyl adjacent to an activating group) is 1. The van der Waals surface area contributed by atoms with E-state index in [0.29, 0.717) is 11.9 Å². The molecule has 3 rings (SSSR count). The summed E-state index contributed by atoms with van der Waals surface area (Å²) in [5.74, 6) is 0.362. The van der Waals surface area contributed by atoms with Crippen molar-refractivity contribution < 1.29 is 4.79 Å². The van der Waals surface area contributed by atoms with Crippen LogP contribution in [0.15, 0.2) is 0 Å². The number of amides is 1. The van der Waals surface area contributed by atoms with Gasteiger partial charge in [-0.25, -0.2) is 0 Å². The molecule has 0 aromatic carbocycles. The van der Waals surface area contributed by atoms with Gasteiger partial charge in [0.2, 0.25) is 5.91 Å². The molecule has 2 saturated heterocycles. The Labute approximate surface area is 78.7 Å². The van der Waals surface area contributed by atoms with Gasteiger partial charge in [0.05, 0.1) is 6.04 Å². The highest BCUT2D eigenvalue weighted by Crippen LogP contribution is 2.39. The summed E-state index contributed by atoms with van der Waals surface area (Å²) < 4.78 is 0. The predicted octanol–water partition coefficient (Wildman–Crippen LogP) is 0.454. The van der Waals surface area contributed by atoms with E-state index in [0.717, 1.165) is 19.0 Å². The molecule has 0 N–H and O–H groups in total. The maximum Gasteiger partial charge on any atom is 0.239 e. The van der Waals surface area contributed by atoms with Crippen LogP contribution in [0.4, 0.5) is 0 Å². The van der Waals surface area contributed by atoms with Crippen LogP contribution in [0.5, 0.6) is 0 Å². The van der Waals surface area contributed by atoms with Gasteiger partial charge < -0.3 is 4.90 Å². The van der Waals surface area contributed by atoms with Crippen LogP contribution < -0.4 is 0 Å². The van der Waals surface area contributed by atoms with Gasteiger partial charge in [0.1, 0.15) is 0 Å². The first-order chi connectivity index (χ1) is 6.27. The van der Waals surface area contributed by atoms with Crippen molar-refractivity contribution in [2.24, 2.45) is 0 Å². The quantitative estimate of drug-likeness (QED) is 0.585. The van der Waals surface area contributed by atoms with Crippen LogP contribution >= 0.6 is 0 Å². The molecule has 1 aliphatic carbocycles. The molecule has 2 unspecified atom stereocenters. The summed E-state index contributed by atoms with van der Waals surface area (Å²) in [5.41, 5.74) is 0. The van der Waals surface area contributed by atoms with Gasteiger partial charge in [0.15, 0.2) is 0 Å². The maximum atomic E-state index is 11.8. The van der Waals surface area contributed by atoms with E-state index >= 15 is 0 Å². The van der Waals surface area contributed by atoms with E-state index in [1.54, 1.807) is 0 Å². The zero-order valence-electron chi connectivity index (χ0n) is 8.07. The van der Waals surface area contributed by atoms with Crippen molar-refractivity contribution in [3.63, 3.8) is 0 Å². The lowest BCUT2D eigenvalue weighted by atomic mass is 10.2. The lowest BCUT2D eigenvalue weighted by Crippen LogP contribution is -2.56. The summed E-state index contributed by atoms with van der Waals surface area (Å²) in [5, 5.41) is 0. The molecular weight excluding hydrogens is 164 g/mol. The monoisotopic (exact) mass is 180 g/mol. The van der Waals surface area contributed by atoms with Crippen molar-refractivity contribution in [1.82, 2.24) is 9.80 Å². The molecule has 1 saturated carbocycles. The van der Waals surface area contributed by atoms with Gasteiger partial charge >= 0.3 is 0 Å². The molecule has 2 aliphatic heterocycles. The number of hydrogen-bond donors (Lipinski definition) is 0. The lowest BCUT2D eigenvalue weighted by Gasteiger charge is -2.38. The highest BCUT2D eigenvalue weighted by atomic mass is 16.2. The molecule has 3 fully saturated rings. The number of piperazine rings is 1. The molecule has 0 aromatic rings. The van der Waals surface area contributed by atoms with Gasteiger partial charge in [0, 0.05) is 25.7 Å². The third-order valence-corrected chi connectivity index (χ3v) is 3.67. The summed E-state index contributed by atoms with van der Waals surface area (Å²) in [4.78, 5) is 16.2.